The molecule has 18 heavy (non-hydrogen) atoms. The summed E-state index contributed by atoms with van der Waals surface area (Å²) >= 11 is 0. The van der Waals surface area contributed by atoms with Crippen molar-refractivity contribution in [3.63, 3.8) is 0 Å². The van der Waals surface area contributed by atoms with Crippen LogP contribution in [0.1, 0.15) is 26.7 Å². The number of amides is 1. The van der Waals surface area contributed by atoms with Crippen LogP contribution in [-0.4, -0.2) is 26.9 Å². The van der Waals surface area contributed by atoms with Crippen LogP contribution < -0.4 is 0 Å². The minimum absolute atomic E-state index is 0.112. The highest BCUT2D eigenvalue weighted by molar-refractivity contribution is 5.76. The second-order valence-corrected chi connectivity index (χ2v) is 4.48. The summed E-state index contributed by atoms with van der Waals surface area (Å²) in [4.78, 5) is 17.8. The second-order valence-electron chi connectivity index (χ2n) is 4.48. The van der Waals surface area contributed by atoms with Crippen LogP contribution >= 0.6 is 0 Å². The SMILES string of the molecule is CCCCN(Cn1cnc2ccccc21)C(C)=O. The molecule has 2 aromatic rings. The van der Waals surface area contributed by atoms with Crippen LogP contribution in [0.15, 0.2) is 30.6 Å². The fraction of sp³-hybridized carbons (Fsp3) is 0.429. The lowest BCUT2D eigenvalue weighted by Gasteiger charge is -2.21. The molecule has 0 aliphatic carbocycles. The van der Waals surface area contributed by atoms with Crippen LogP contribution in [0, 0.1) is 0 Å². The molecule has 0 aliphatic rings. The average Bonchev–Trinajstić information content (AvgIpc) is 2.77. The molecular weight excluding hydrogens is 226 g/mol. The van der Waals surface area contributed by atoms with Crippen molar-refractivity contribution < 1.29 is 4.79 Å². The van der Waals surface area contributed by atoms with Gasteiger partial charge in [-0.15, -0.1) is 0 Å². The molecule has 0 saturated carbocycles. The van der Waals surface area contributed by atoms with Crippen molar-refractivity contribution in [2.45, 2.75) is 33.4 Å². The van der Waals surface area contributed by atoms with Gasteiger partial charge in [-0.1, -0.05) is 25.5 Å². The van der Waals surface area contributed by atoms with E-state index in [4.69, 9.17) is 0 Å². The van der Waals surface area contributed by atoms with E-state index in [9.17, 15) is 4.79 Å². The van der Waals surface area contributed by atoms with Crippen LogP contribution in [0.4, 0.5) is 0 Å². The van der Waals surface area contributed by atoms with Gasteiger partial charge in [0.2, 0.25) is 5.91 Å². The zero-order valence-electron chi connectivity index (χ0n) is 11.0. The quantitative estimate of drug-likeness (QED) is 0.812. The first kappa shape index (κ1) is 12.6. The molecule has 2 rings (SSSR count). The highest BCUT2D eigenvalue weighted by atomic mass is 16.2. The topological polar surface area (TPSA) is 38.1 Å². The van der Waals surface area contributed by atoms with Gasteiger partial charge in [0.05, 0.1) is 24.0 Å². The van der Waals surface area contributed by atoms with E-state index >= 15 is 0 Å². The third kappa shape index (κ3) is 2.70. The molecule has 4 heteroatoms. The maximum atomic E-state index is 11.6. The first-order valence-electron chi connectivity index (χ1n) is 6.37. The van der Waals surface area contributed by atoms with Gasteiger partial charge in [0.15, 0.2) is 0 Å². The first-order chi connectivity index (χ1) is 8.72. The maximum absolute atomic E-state index is 11.6. The van der Waals surface area contributed by atoms with Gasteiger partial charge < -0.3 is 9.47 Å². The molecule has 96 valence electrons. The van der Waals surface area contributed by atoms with E-state index in [-0.39, 0.29) is 5.91 Å². The van der Waals surface area contributed by atoms with E-state index in [1.165, 1.54) is 0 Å². The summed E-state index contributed by atoms with van der Waals surface area (Å²) in [6.07, 6.45) is 3.92. The molecule has 0 saturated heterocycles. The molecule has 1 heterocycles. The van der Waals surface area contributed by atoms with Crippen molar-refractivity contribution in [3.05, 3.63) is 30.6 Å². The predicted octanol–water partition coefficient (Wildman–Crippen LogP) is 2.64. The Balaban J connectivity index is 2.18. The van der Waals surface area contributed by atoms with E-state index in [0.717, 1.165) is 30.4 Å². The standard InChI is InChI=1S/C14H19N3O/c1-3-4-9-16(12(2)18)11-17-10-15-13-7-5-6-8-14(13)17/h5-8,10H,3-4,9,11H2,1-2H3. The zero-order valence-corrected chi connectivity index (χ0v) is 11.0. The maximum Gasteiger partial charge on any atom is 0.220 e. The van der Waals surface area contributed by atoms with Gasteiger partial charge in [0.25, 0.3) is 0 Å². The smallest absolute Gasteiger partial charge is 0.220 e. The highest BCUT2D eigenvalue weighted by Gasteiger charge is 2.10. The number of hydrogen-bond donors (Lipinski definition) is 0. The molecule has 0 radical (unpaired) electrons. The van der Waals surface area contributed by atoms with E-state index < -0.39 is 0 Å². The fourth-order valence-corrected chi connectivity index (χ4v) is 1.98. The van der Waals surface area contributed by atoms with Crippen molar-refractivity contribution in [2.75, 3.05) is 6.54 Å². The predicted molar refractivity (Wildman–Crippen MR) is 72.0 cm³/mol. The number of fused-ring (bicyclic) bond motifs is 1. The summed E-state index contributed by atoms with van der Waals surface area (Å²) in [5.41, 5.74) is 2.04. The molecule has 0 fully saturated rings. The normalized spacial score (nSPS) is 10.8. The molecule has 0 unspecified atom stereocenters. The highest BCUT2D eigenvalue weighted by Crippen LogP contribution is 2.12. The minimum atomic E-state index is 0.112. The van der Waals surface area contributed by atoms with Crippen LogP contribution in [0.3, 0.4) is 0 Å². The van der Waals surface area contributed by atoms with Gasteiger partial charge >= 0.3 is 0 Å². The van der Waals surface area contributed by atoms with Gasteiger partial charge in [-0.05, 0) is 18.6 Å². The number of carbonyl (C=O) groups excluding carboxylic acids is 1. The summed E-state index contributed by atoms with van der Waals surface area (Å²) in [6, 6.07) is 7.97. The summed E-state index contributed by atoms with van der Waals surface area (Å²) in [5, 5.41) is 0. The molecule has 1 amide bonds. The molecule has 0 spiro atoms. The average molecular weight is 245 g/mol. The van der Waals surface area contributed by atoms with Crippen LogP contribution in [0.2, 0.25) is 0 Å². The molecule has 0 N–H and O–H groups in total. The van der Waals surface area contributed by atoms with Gasteiger partial charge in [-0.25, -0.2) is 4.98 Å². The molecule has 4 nitrogen and oxygen atoms in total. The van der Waals surface area contributed by atoms with E-state index in [0.29, 0.717) is 6.67 Å². The zero-order chi connectivity index (χ0) is 13.0. The largest absolute Gasteiger partial charge is 0.325 e. The van der Waals surface area contributed by atoms with E-state index in [2.05, 4.69) is 11.9 Å². The molecule has 1 aromatic heterocycles. The van der Waals surface area contributed by atoms with Crippen molar-refractivity contribution in [3.8, 4) is 0 Å². The Hall–Kier alpha value is -1.84. The van der Waals surface area contributed by atoms with Gasteiger partial charge in [-0.3, -0.25) is 4.79 Å². The lowest BCUT2D eigenvalue weighted by atomic mass is 10.3. The Morgan fingerprint density at radius 3 is 2.89 bits per heavy atom. The lowest BCUT2D eigenvalue weighted by molar-refractivity contribution is -0.130. The molecule has 0 atom stereocenters. The number of nitrogens with zero attached hydrogens (tertiary/aromatic N) is 3. The van der Waals surface area contributed by atoms with Crippen molar-refractivity contribution in [1.29, 1.82) is 0 Å². The third-order valence-electron chi connectivity index (χ3n) is 3.08. The number of para-hydroxylation sites is 2. The fourth-order valence-electron chi connectivity index (χ4n) is 1.98. The lowest BCUT2D eigenvalue weighted by Crippen LogP contribution is -2.31. The molecule has 0 bridgehead atoms. The van der Waals surface area contributed by atoms with Crippen molar-refractivity contribution >= 4 is 16.9 Å². The number of hydrogen-bond acceptors (Lipinski definition) is 2. The monoisotopic (exact) mass is 245 g/mol. The second kappa shape index (κ2) is 5.67. The Bertz CT molecular complexity index is 533. The van der Waals surface area contributed by atoms with Crippen molar-refractivity contribution in [2.24, 2.45) is 0 Å². The minimum Gasteiger partial charge on any atom is -0.325 e. The van der Waals surface area contributed by atoms with Crippen LogP contribution in [0.5, 0.6) is 0 Å². The number of benzene rings is 1. The Labute approximate surface area is 107 Å². The molecular formula is C14H19N3O. The Morgan fingerprint density at radius 2 is 2.17 bits per heavy atom. The Kier molecular flexibility index (Phi) is 3.97. The third-order valence-corrected chi connectivity index (χ3v) is 3.08. The summed E-state index contributed by atoms with van der Waals surface area (Å²) in [5.74, 6) is 0.112. The van der Waals surface area contributed by atoms with Crippen LogP contribution in [0.25, 0.3) is 11.0 Å². The summed E-state index contributed by atoms with van der Waals surface area (Å²) < 4.78 is 2.02. The van der Waals surface area contributed by atoms with Gasteiger partial charge in [-0.2, -0.15) is 0 Å². The summed E-state index contributed by atoms with van der Waals surface area (Å²) in [7, 11) is 0. The Morgan fingerprint density at radius 1 is 1.39 bits per heavy atom. The molecule has 0 aliphatic heterocycles. The number of rotatable bonds is 5. The van der Waals surface area contributed by atoms with Gasteiger partial charge in [0, 0.05) is 13.5 Å². The van der Waals surface area contributed by atoms with E-state index in [1.54, 1.807) is 13.3 Å². The van der Waals surface area contributed by atoms with Crippen LogP contribution in [-0.2, 0) is 11.5 Å². The number of unbranched alkanes of at least 4 members (excludes halogenated alkanes) is 1. The summed E-state index contributed by atoms with van der Waals surface area (Å²) in [6.45, 7) is 5.13. The molecule has 1 aromatic carbocycles. The van der Waals surface area contributed by atoms with Gasteiger partial charge in [0.1, 0.15) is 0 Å². The van der Waals surface area contributed by atoms with E-state index in [1.807, 2.05) is 33.7 Å². The number of imidazole rings is 1. The number of aromatic nitrogens is 2. The first-order valence-corrected chi connectivity index (χ1v) is 6.37. The number of carbonyl (C=O) groups is 1. The van der Waals surface area contributed by atoms with Crippen molar-refractivity contribution in [1.82, 2.24) is 14.5 Å².